The van der Waals surface area contributed by atoms with Gasteiger partial charge in [-0.05, 0) is 85.3 Å². The summed E-state index contributed by atoms with van der Waals surface area (Å²) in [6.45, 7) is 6.39. The number of fused-ring (bicyclic) bond motifs is 2. The van der Waals surface area contributed by atoms with Crippen LogP contribution in [0, 0.1) is 13.8 Å². The van der Waals surface area contributed by atoms with Crippen LogP contribution in [0.3, 0.4) is 0 Å². The number of tetrazole rings is 1. The first-order valence-electron chi connectivity index (χ1n) is 12.8. The molecule has 0 unspecified atom stereocenters. The van der Waals surface area contributed by atoms with E-state index in [1.807, 2.05) is 10.7 Å². The SMILES string of the molecule is Cc1cc(C)c2cc([C@@H](c3nnnn3C3CCCCC3)N3c4ccccc4C[C@@H]3C)c(=O)[nH]c2c1. The number of aromatic amines is 1. The molecule has 0 spiro atoms. The average Bonchev–Trinajstić information content (AvgIpc) is 3.45. The molecular formula is C28H32N6O. The van der Waals surface area contributed by atoms with E-state index in [0.717, 1.165) is 52.8 Å². The van der Waals surface area contributed by atoms with Crippen molar-refractivity contribution in [1.82, 2.24) is 25.2 Å². The van der Waals surface area contributed by atoms with Gasteiger partial charge in [0, 0.05) is 28.2 Å². The summed E-state index contributed by atoms with van der Waals surface area (Å²) in [7, 11) is 0. The third-order valence-electron chi connectivity index (χ3n) is 7.86. The molecule has 2 aromatic heterocycles. The summed E-state index contributed by atoms with van der Waals surface area (Å²) in [6, 6.07) is 14.9. The Kier molecular flexibility index (Phi) is 5.43. The predicted octanol–water partition coefficient (Wildman–Crippen LogP) is 5.18. The minimum absolute atomic E-state index is 0.0812. The lowest BCUT2D eigenvalue weighted by Gasteiger charge is -2.34. The third-order valence-corrected chi connectivity index (χ3v) is 7.86. The maximum Gasteiger partial charge on any atom is 0.254 e. The van der Waals surface area contributed by atoms with Crippen LogP contribution < -0.4 is 10.5 Å². The molecule has 3 heterocycles. The van der Waals surface area contributed by atoms with E-state index < -0.39 is 0 Å². The minimum Gasteiger partial charge on any atom is -0.354 e. The fourth-order valence-electron chi connectivity index (χ4n) is 6.25. The normalized spacial score (nSPS) is 19.3. The minimum atomic E-state index is -0.376. The molecule has 0 bridgehead atoms. The second-order valence-electron chi connectivity index (χ2n) is 10.4. The van der Waals surface area contributed by atoms with Crippen LogP contribution in [0.5, 0.6) is 0 Å². The van der Waals surface area contributed by atoms with Crippen molar-refractivity contribution in [3.05, 3.63) is 80.9 Å². The molecule has 1 saturated carbocycles. The summed E-state index contributed by atoms with van der Waals surface area (Å²) >= 11 is 0. The quantitative estimate of drug-likeness (QED) is 0.447. The van der Waals surface area contributed by atoms with E-state index in [4.69, 9.17) is 0 Å². The van der Waals surface area contributed by atoms with E-state index in [9.17, 15) is 4.79 Å². The number of rotatable bonds is 4. The van der Waals surface area contributed by atoms with Crippen LogP contribution >= 0.6 is 0 Å². The lowest BCUT2D eigenvalue weighted by molar-refractivity contribution is 0.312. The van der Waals surface area contributed by atoms with Gasteiger partial charge in [0.05, 0.1) is 6.04 Å². The molecule has 1 fully saturated rings. The monoisotopic (exact) mass is 468 g/mol. The van der Waals surface area contributed by atoms with Gasteiger partial charge in [-0.25, -0.2) is 4.68 Å². The number of anilines is 1. The van der Waals surface area contributed by atoms with Gasteiger partial charge < -0.3 is 9.88 Å². The lowest BCUT2D eigenvalue weighted by atomic mass is 9.94. The maximum atomic E-state index is 13.7. The number of hydrogen-bond donors (Lipinski definition) is 1. The average molecular weight is 469 g/mol. The molecule has 7 heteroatoms. The standard InChI is InChI=1S/C28H32N6O/c1-17-13-18(2)22-16-23(28(35)29-24(22)14-17)26(33-19(3)15-20-9-7-8-12-25(20)33)27-30-31-32-34(27)21-10-5-4-6-11-21/h7-9,12-14,16,19,21,26H,4-6,10-11,15H2,1-3H3,(H,29,35)/t19-,26-/m0/s1. The van der Waals surface area contributed by atoms with Gasteiger partial charge in [0.15, 0.2) is 5.82 Å². The smallest absolute Gasteiger partial charge is 0.254 e. The first-order valence-corrected chi connectivity index (χ1v) is 12.8. The van der Waals surface area contributed by atoms with Gasteiger partial charge in [0.1, 0.15) is 6.04 Å². The molecule has 2 aliphatic rings. The van der Waals surface area contributed by atoms with Crippen LogP contribution in [0.1, 0.15) is 79.2 Å². The van der Waals surface area contributed by atoms with E-state index in [0.29, 0.717) is 5.56 Å². The van der Waals surface area contributed by atoms with Gasteiger partial charge in [-0.2, -0.15) is 0 Å². The Morgan fingerprint density at radius 2 is 1.86 bits per heavy atom. The summed E-state index contributed by atoms with van der Waals surface area (Å²) in [5.41, 5.74) is 6.23. The predicted molar refractivity (Wildman–Crippen MR) is 138 cm³/mol. The van der Waals surface area contributed by atoms with Gasteiger partial charge in [-0.15, -0.1) is 5.10 Å². The first-order chi connectivity index (χ1) is 17.0. The summed E-state index contributed by atoms with van der Waals surface area (Å²) < 4.78 is 2.02. The van der Waals surface area contributed by atoms with Crippen LogP contribution in [0.15, 0.2) is 47.3 Å². The van der Waals surface area contributed by atoms with E-state index in [1.165, 1.54) is 24.8 Å². The second kappa shape index (κ2) is 8.63. The molecular weight excluding hydrogens is 436 g/mol. The molecule has 2 atom stereocenters. The Balaban J connectivity index is 1.58. The van der Waals surface area contributed by atoms with Crippen molar-refractivity contribution in [2.45, 2.75) is 77.4 Å². The van der Waals surface area contributed by atoms with E-state index in [-0.39, 0.29) is 23.7 Å². The van der Waals surface area contributed by atoms with Crippen molar-refractivity contribution in [2.75, 3.05) is 4.90 Å². The molecule has 1 aliphatic carbocycles. The highest BCUT2D eigenvalue weighted by Gasteiger charge is 2.39. The van der Waals surface area contributed by atoms with Crippen molar-refractivity contribution in [3.8, 4) is 0 Å². The second-order valence-corrected chi connectivity index (χ2v) is 10.4. The molecule has 0 saturated heterocycles. The molecule has 4 aromatic rings. The Bertz CT molecular complexity index is 1450. The topological polar surface area (TPSA) is 79.7 Å². The first kappa shape index (κ1) is 22.0. The van der Waals surface area contributed by atoms with E-state index in [2.05, 4.69) is 82.6 Å². The molecule has 1 N–H and O–H groups in total. The van der Waals surface area contributed by atoms with Crippen LogP contribution in [-0.2, 0) is 6.42 Å². The Labute approximate surface area is 205 Å². The molecule has 0 amide bonds. The number of nitrogens with one attached hydrogen (secondary N) is 1. The van der Waals surface area contributed by atoms with Crippen molar-refractivity contribution >= 4 is 16.6 Å². The molecule has 6 rings (SSSR count). The summed E-state index contributed by atoms with van der Waals surface area (Å²) in [4.78, 5) is 19.2. The van der Waals surface area contributed by atoms with Gasteiger partial charge >= 0.3 is 0 Å². The fourth-order valence-corrected chi connectivity index (χ4v) is 6.25. The Morgan fingerprint density at radius 3 is 2.69 bits per heavy atom. The Morgan fingerprint density at radius 1 is 1.06 bits per heavy atom. The highest BCUT2D eigenvalue weighted by molar-refractivity contribution is 5.83. The van der Waals surface area contributed by atoms with Crippen molar-refractivity contribution < 1.29 is 0 Å². The number of aryl methyl sites for hydroxylation is 2. The van der Waals surface area contributed by atoms with Crippen molar-refractivity contribution in [2.24, 2.45) is 0 Å². The van der Waals surface area contributed by atoms with Crippen LogP contribution in [0.2, 0.25) is 0 Å². The highest BCUT2D eigenvalue weighted by Crippen LogP contribution is 2.42. The number of para-hydroxylation sites is 1. The molecule has 0 radical (unpaired) electrons. The number of H-pyrrole nitrogens is 1. The summed E-state index contributed by atoms with van der Waals surface area (Å²) in [5, 5.41) is 14.3. The van der Waals surface area contributed by atoms with Crippen LogP contribution in [0.4, 0.5) is 5.69 Å². The highest BCUT2D eigenvalue weighted by atomic mass is 16.1. The molecule has 1 aliphatic heterocycles. The number of hydrogen-bond acceptors (Lipinski definition) is 5. The third kappa shape index (κ3) is 3.74. The van der Waals surface area contributed by atoms with Gasteiger partial charge in [0.2, 0.25) is 0 Å². The number of aromatic nitrogens is 5. The van der Waals surface area contributed by atoms with Crippen LogP contribution in [0.25, 0.3) is 10.9 Å². The zero-order chi connectivity index (χ0) is 24.1. The number of benzene rings is 2. The number of pyridine rings is 1. The Hall–Kier alpha value is -3.48. The lowest BCUT2D eigenvalue weighted by Crippen LogP contribution is -2.39. The van der Waals surface area contributed by atoms with Gasteiger partial charge in [-0.1, -0.05) is 43.5 Å². The zero-order valence-electron chi connectivity index (χ0n) is 20.7. The van der Waals surface area contributed by atoms with Crippen molar-refractivity contribution in [3.63, 3.8) is 0 Å². The van der Waals surface area contributed by atoms with E-state index >= 15 is 0 Å². The van der Waals surface area contributed by atoms with Crippen molar-refractivity contribution in [1.29, 1.82) is 0 Å². The molecule has 180 valence electrons. The van der Waals surface area contributed by atoms with Gasteiger partial charge in [0.25, 0.3) is 5.56 Å². The fraction of sp³-hybridized carbons (Fsp3) is 0.429. The van der Waals surface area contributed by atoms with Gasteiger partial charge in [-0.3, -0.25) is 4.79 Å². The molecule has 35 heavy (non-hydrogen) atoms. The maximum absolute atomic E-state index is 13.7. The largest absolute Gasteiger partial charge is 0.354 e. The zero-order valence-corrected chi connectivity index (χ0v) is 20.7. The molecule has 2 aromatic carbocycles. The number of nitrogens with zero attached hydrogens (tertiary/aromatic N) is 5. The van der Waals surface area contributed by atoms with E-state index in [1.54, 1.807) is 0 Å². The molecule has 7 nitrogen and oxygen atoms in total. The summed E-state index contributed by atoms with van der Waals surface area (Å²) in [5.74, 6) is 0.759. The van der Waals surface area contributed by atoms with Crippen LogP contribution in [-0.4, -0.2) is 31.2 Å². The summed E-state index contributed by atoms with van der Waals surface area (Å²) in [6.07, 6.45) is 6.71.